The number of rotatable bonds is 7. The Labute approximate surface area is 181 Å². The van der Waals surface area contributed by atoms with Gasteiger partial charge in [0.2, 0.25) is 5.91 Å². The summed E-state index contributed by atoms with van der Waals surface area (Å²) in [6, 6.07) is 24.7. The van der Waals surface area contributed by atoms with Gasteiger partial charge in [-0.15, -0.1) is 0 Å². The van der Waals surface area contributed by atoms with Crippen LogP contribution in [0.25, 0.3) is 0 Å². The van der Waals surface area contributed by atoms with Gasteiger partial charge in [0.25, 0.3) is 11.8 Å². The lowest BCUT2D eigenvalue weighted by molar-refractivity contribution is -0.122. The molecule has 0 aliphatic rings. The quantitative estimate of drug-likeness (QED) is 0.516. The van der Waals surface area contributed by atoms with Crippen LogP contribution in [0.2, 0.25) is 0 Å². The molecule has 0 saturated carbocycles. The van der Waals surface area contributed by atoms with Crippen LogP contribution >= 0.6 is 0 Å². The SMILES string of the molecule is CCc1ccc(C(=O)NNC(=O)CC(NC(=O)c2ccccc2)c2ccccc2)cc1. The normalized spacial score (nSPS) is 11.3. The molecule has 0 heterocycles. The Balaban J connectivity index is 1.62. The number of aryl methyl sites for hydroxylation is 1. The lowest BCUT2D eigenvalue weighted by atomic mass is 10.0. The molecular weight excluding hydrogens is 390 g/mol. The molecule has 3 rings (SSSR count). The van der Waals surface area contributed by atoms with E-state index in [-0.39, 0.29) is 12.3 Å². The predicted molar refractivity (Wildman–Crippen MR) is 119 cm³/mol. The summed E-state index contributed by atoms with van der Waals surface area (Å²) in [5.74, 6) is -1.09. The molecule has 3 N–H and O–H groups in total. The van der Waals surface area contributed by atoms with E-state index < -0.39 is 17.9 Å². The Bertz CT molecular complexity index is 1020. The van der Waals surface area contributed by atoms with Crippen molar-refractivity contribution >= 4 is 17.7 Å². The standard InChI is InChI=1S/C25H25N3O3/c1-2-18-13-15-21(16-14-18)25(31)28-27-23(29)17-22(19-9-5-3-6-10-19)26-24(30)20-11-7-4-8-12-20/h3-16,22H,2,17H2,1H3,(H,26,30)(H,27,29)(H,28,31). The number of carbonyl (C=O) groups excluding carboxylic acids is 3. The Morgan fingerprint density at radius 1 is 0.710 bits per heavy atom. The van der Waals surface area contributed by atoms with Crippen molar-refractivity contribution in [3.05, 3.63) is 107 Å². The van der Waals surface area contributed by atoms with Crippen LogP contribution in [-0.4, -0.2) is 17.7 Å². The average molecular weight is 415 g/mol. The number of amides is 3. The van der Waals surface area contributed by atoms with Gasteiger partial charge >= 0.3 is 0 Å². The second-order valence-corrected chi connectivity index (χ2v) is 7.06. The van der Waals surface area contributed by atoms with Crippen molar-refractivity contribution in [2.75, 3.05) is 0 Å². The van der Waals surface area contributed by atoms with Crippen LogP contribution in [0.3, 0.4) is 0 Å². The van der Waals surface area contributed by atoms with Gasteiger partial charge < -0.3 is 5.32 Å². The van der Waals surface area contributed by atoms with Gasteiger partial charge in [0.05, 0.1) is 12.5 Å². The van der Waals surface area contributed by atoms with E-state index in [0.717, 1.165) is 17.5 Å². The molecule has 158 valence electrons. The fourth-order valence-electron chi connectivity index (χ4n) is 3.10. The highest BCUT2D eigenvalue weighted by atomic mass is 16.2. The molecule has 0 bridgehead atoms. The van der Waals surface area contributed by atoms with Crippen molar-refractivity contribution in [2.45, 2.75) is 25.8 Å². The number of hydrogen-bond acceptors (Lipinski definition) is 3. The van der Waals surface area contributed by atoms with E-state index in [4.69, 9.17) is 0 Å². The van der Waals surface area contributed by atoms with E-state index in [1.165, 1.54) is 0 Å². The molecule has 0 aromatic heterocycles. The van der Waals surface area contributed by atoms with Crippen molar-refractivity contribution < 1.29 is 14.4 Å². The van der Waals surface area contributed by atoms with E-state index in [9.17, 15) is 14.4 Å². The second-order valence-electron chi connectivity index (χ2n) is 7.06. The van der Waals surface area contributed by atoms with Crippen LogP contribution < -0.4 is 16.2 Å². The zero-order chi connectivity index (χ0) is 22.1. The Morgan fingerprint density at radius 3 is 1.90 bits per heavy atom. The smallest absolute Gasteiger partial charge is 0.269 e. The minimum atomic E-state index is -0.547. The summed E-state index contributed by atoms with van der Waals surface area (Å²) in [5, 5.41) is 2.90. The van der Waals surface area contributed by atoms with Crippen LogP contribution in [0, 0.1) is 0 Å². The van der Waals surface area contributed by atoms with Crippen molar-refractivity contribution in [1.82, 2.24) is 16.2 Å². The van der Waals surface area contributed by atoms with Crippen LogP contribution in [-0.2, 0) is 11.2 Å². The molecule has 1 unspecified atom stereocenters. The topological polar surface area (TPSA) is 87.3 Å². The Morgan fingerprint density at radius 2 is 1.29 bits per heavy atom. The molecule has 0 aliphatic heterocycles. The second kappa shape index (κ2) is 10.7. The minimum absolute atomic E-state index is 0.0301. The van der Waals surface area contributed by atoms with E-state index in [1.807, 2.05) is 55.5 Å². The third kappa shape index (κ3) is 6.27. The Hall–Kier alpha value is -3.93. The first-order valence-corrected chi connectivity index (χ1v) is 10.2. The van der Waals surface area contributed by atoms with Crippen LogP contribution in [0.5, 0.6) is 0 Å². The maximum Gasteiger partial charge on any atom is 0.269 e. The molecule has 6 nitrogen and oxygen atoms in total. The molecule has 1 atom stereocenters. The highest BCUT2D eigenvalue weighted by Crippen LogP contribution is 2.17. The monoisotopic (exact) mass is 415 g/mol. The summed E-state index contributed by atoms with van der Waals surface area (Å²) in [7, 11) is 0. The third-order valence-corrected chi connectivity index (χ3v) is 4.87. The molecule has 0 fully saturated rings. The summed E-state index contributed by atoms with van der Waals surface area (Å²) in [6.07, 6.45) is 0.853. The molecule has 3 aromatic carbocycles. The maximum atomic E-state index is 12.6. The van der Waals surface area contributed by atoms with Crippen LogP contribution in [0.15, 0.2) is 84.9 Å². The lowest BCUT2D eigenvalue weighted by Gasteiger charge is -2.19. The molecule has 0 aliphatic carbocycles. The highest BCUT2D eigenvalue weighted by molar-refractivity contribution is 5.96. The van der Waals surface area contributed by atoms with Crippen LogP contribution in [0.1, 0.15) is 51.2 Å². The van der Waals surface area contributed by atoms with Crippen LogP contribution in [0.4, 0.5) is 0 Å². The summed E-state index contributed by atoms with van der Waals surface area (Å²) >= 11 is 0. The molecule has 31 heavy (non-hydrogen) atoms. The fraction of sp³-hybridized carbons (Fsp3) is 0.160. The lowest BCUT2D eigenvalue weighted by Crippen LogP contribution is -2.43. The first-order chi connectivity index (χ1) is 15.1. The van der Waals surface area contributed by atoms with E-state index in [0.29, 0.717) is 11.1 Å². The van der Waals surface area contributed by atoms with E-state index in [2.05, 4.69) is 16.2 Å². The fourth-order valence-corrected chi connectivity index (χ4v) is 3.10. The summed E-state index contributed by atoms with van der Waals surface area (Å²) in [6.45, 7) is 2.04. The van der Waals surface area contributed by atoms with Crippen molar-refractivity contribution in [3.63, 3.8) is 0 Å². The zero-order valence-corrected chi connectivity index (χ0v) is 17.3. The molecule has 3 aromatic rings. The van der Waals surface area contributed by atoms with Gasteiger partial charge in [-0.3, -0.25) is 25.2 Å². The summed E-state index contributed by atoms with van der Waals surface area (Å²) in [5.41, 5.74) is 7.74. The molecule has 6 heteroatoms. The maximum absolute atomic E-state index is 12.6. The summed E-state index contributed by atoms with van der Waals surface area (Å²) in [4.78, 5) is 37.4. The first kappa shape index (κ1) is 21.8. The zero-order valence-electron chi connectivity index (χ0n) is 17.3. The first-order valence-electron chi connectivity index (χ1n) is 10.2. The van der Waals surface area contributed by atoms with Gasteiger partial charge in [-0.1, -0.05) is 67.6 Å². The number of hydrazine groups is 1. The Kier molecular flexibility index (Phi) is 7.54. The predicted octanol–water partition coefficient (Wildman–Crippen LogP) is 3.57. The van der Waals surface area contributed by atoms with Gasteiger partial charge in [-0.25, -0.2) is 0 Å². The van der Waals surface area contributed by atoms with Gasteiger partial charge in [0.1, 0.15) is 0 Å². The molecular formula is C25H25N3O3. The van der Waals surface area contributed by atoms with Crippen molar-refractivity contribution in [3.8, 4) is 0 Å². The summed E-state index contributed by atoms with van der Waals surface area (Å²) < 4.78 is 0. The molecule has 0 spiro atoms. The minimum Gasteiger partial charge on any atom is -0.345 e. The molecule has 3 amide bonds. The number of nitrogens with one attached hydrogen (secondary N) is 3. The molecule has 0 saturated heterocycles. The van der Waals surface area contributed by atoms with Gasteiger partial charge in [-0.2, -0.15) is 0 Å². The highest BCUT2D eigenvalue weighted by Gasteiger charge is 2.19. The number of benzene rings is 3. The third-order valence-electron chi connectivity index (χ3n) is 4.87. The largest absolute Gasteiger partial charge is 0.345 e. The van der Waals surface area contributed by atoms with Crippen molar-refractivity contribution in [1.29, 1.82) is 0 Å². The van der Waals surface area contributed by atoms with Gasteiger partial charge in [-0.05, 0) is 41.8 Å². The molecule has 0 radical (unpaired) electrons. The van der Waals surface area contributed by atoms with E-state index >= 15 is 0 Å². The van der Waals surface area contributed by atoms with Gasteiger partial charge in [0, 0.05) is 11.1 Å². The van der Waals surface area contributed by atoms with E-state index in [1.54, 1.807) is 36.4 Å². The number of carbonyl (C=O) groups is 3. The number of hydrogen-bond donors (Lipinski definition) is 3. The van der Waals surface area contributed by atoms with Crippen molar-refractivity contribution in [2.24, 2.45) is 0 Å². The average Bonchev–Trinajstić information content (AvgIpc) is 2.83. The van der Waals surface area contributed by atoms with Gasteiger partial charge in [0.15, 0.2) is 0 Å².